The first-order chi connectivity index (χ1) is 16.2. The summed E-state index contributed by atoms with van der Waals surface area (Å²) in [5.41, 5.74) is 1.53. The summed E-state index contributed by atoms with van der Waals surface area (Å²) in [6.07, 6.45) is 1.51. The van der Waals surface area contributed by atoms with E-state index in [4.69, 9.17) is 51.1 Å². The van der Waals surface area contributed by atoms with Crippen LogP contribution in [0, 0.1) is 5.82 Å². The van der Waals surface area contributed by atoms with E-state index in [1.54, 1.807) is 36.4 Å². The number of carbonyl (C=O) groups is 2. The van der Waals surface area contributed by atoms with Gasteiger partial charge in [0.25, 0.3) is 11.1 Å². The highest BCUT2D eigenvalue weighted by molar-refractivity contribution is 8.18. The summed E-state index contributed by atoms with van der Waals surface area (Å²) >= 11 is 25.4. The van der Waals surface area contributed by atoms with Gasteiger partial charge in [0.15, 0.2) is 5.75 Å². The van der Waals surface area contributed by atoms with Crippen LogP contribution in [0.4, 0.5) is 9.18 Å². The van der Waals surface area contributed by atoms with Crippen molar-refractivity contribution < 1.29 is 18.7 Å². The largest absolute Gasteiger partial charge is 0.486 e. The molecule has 0 bridgehead atoms. The predicted molar refractivity (Wildman–Crippen MR) is 135 cm³/mol. The number of carbonyl (C=O) groups excluding carboxylic acids is 2. The Hall–Kier alpha value is -2.22. The third kappa shape index (κ3) is 5.53. The Morgan fingerprint density at radius 1 is 0.912 bits per heavy atom. The van der Waals surface area contributed by atoms with Gasteiger partial charge in [-0.25, -0.2) is 4.39 Å². The summed E-state index contributed by atoms with van der Waals surface area (Å²) in [5.74, 6) is -0.745. The summed E-state index contributed by atoms with van der Waals surface area (Å²) in [5, 5.41) is 0.801. The highest BCUT2D eigenvalue weighted by atomic mass is 35.5. The zero-order valence-corrected chi connectivity index (χ0v) is 21.0. The SMILES string of the molecule is O=C1S/C(=C\c2cc(Cl)c(OCc3ccc(Cl)c(Cl)c3)c(Cl)c2)C(=O)N1Cc1ccccc1F. The van der Waals surface area contributed by atoms with Crippen molar-refractivity contribution in [3.63, 3.8) is 0 Å². The van der Waals surface area contributed by atoms with E-state index in [2.05, 4.69) is 0 Å². The maximum Gasteiger partial charge on any atom is 0.293 e. The number of halogens is 5. The smallest absolute Gasteiger partial charge is 0.293 e. The van der Waals surface area contributed by atoms with Gasteiger partial charge in [0.05, 0.1) is 31.5 Å². The number of thioether (sulfide) groups is 1. The average molecular weight is 557 g/mol. The van der Waals surface area contributed by atoms with Crippen LogP contribution in [0.25, 0.3) is 6.08 Å². The van der Waals surface area contributed by atoms with E-state index in [1.165, 1.54) is 24.3 Å². The Kier molecular flexibility index (Phi) is 7.75. The number of ether oxygens (including phenoxy) is 1. The van der Waals surface area contributed by atoms with Crippen LogP contribution in [0.2, 0.25) is 20.1 Å². The molecule has 0 aliphatic carbocycles. The second-order valence-corrected chi connectivity index (χ2v) is 9.83. The van der Waals surface area contributed by atoms with E-state index in [1.807, 2.05) is 0 Å². The zero-order chi connectivity index (χ0) is 24.4. The van der Waals surface area contributed by atoms with Gasteiger partial charge in [-0.1, -0.05) is 70.7 Å². The summed E-state index contributed by atoms with van der Waals surface area (Å²) in [4.78, 5) is 26.3. The minimum atomic E-state index is -0.523. The van der Waals surface area contributed by atoms with Crippen molar-refractivity contribution in [2.24, 2.45) is 0 Å². The third-order valence-electron chi connectivity index (χ3n) is 4.85. The molecule has 174 valence electrons. The first kappa shape index (κ1) is 24.9. The van der Waals surface area contributed by atoms with E-state index >= 15 is 0 Å². The van der Waals surface area contributed by atoms with E-state index < -0.39 is 17.0 Å². The minimum Gasteiger partial charge on any atom is -0.486 e. The van der Waals surface area contributed by atoms with Crippen LogP contribution in [0.5, 0.6) is 5.75 Å². The van der Waals surface area contributed by atoms with Crippen LogP contribution in [0.1, 0.15) is 16.7 Å². The van der Waals surface area contributed by atoms with E-state index in [0.717, 1.165) is 22.2 Å². The van der Waals surface area contributed by atoms with E-state index in [9.17, 15) is 14.0 Å². The van der Waals surface area contributed by atoms with Crippen molar-refractivity contribution in [1.82, 2.24) is 4.90 Å². The molecule has 34 heavy (non-hydrogen) atoms. The third-order valence-corrected chi connectivity index (χ3v) is 7.05. The maximum absolute atomic E-state index is 14.0. The molecule has 0 radical (unpaired) electrons. The fourth-order valence-electron chi connectivity index (χ4n) is 3.17. The second-order valence-electron chi connectivity index (χ2n) is 7.21. The lowest BCUT2D eigenvalue weighted by atomic mass is 10.2. The molecule has 1 heterocycles. The number of hydrogen-bond donors (Lipinski definition) is 0. The van der Waals surface area contributed by atoms with Crippen molar-refractivity contribution in [1.29, 1.82) is 0 Å². The van der Waals surface area contributed by atoms with Crippen LogP contribution in [-0.2, 0) is 17.9 Å². The maximum atomic E-state index is 14.0. The number of hydrogen-bond acceptors (Lipinski definition) is 4. The fourth-order valence-corrected chi connectivity index (χ4v) is 4.94. The van der Waals surface area contributed by atoms with Gasteiger partial charge in [0, 0.05) is 5.56 Å². The lowest BCUT2D eigenvalue weighted by Gasteiger charge is -2.13. The molecule has 0 atom stereocenters. The molecule has 3 aromatic carbocycles. The molecule has 0 spiro atoms. The van der Waals surface area contributed by atoms with Gasteiger partial charge in [0.1, 0.15) is 12.4 Å². The molecule has 1 fully saturated rings. The molecule has 4 rings (SSSR count). The molecule has 0 N–H and O–H groups in total. The van der Waals surface area contributed by atoms with Gasteiger partial charge in [-0.3, -0.25) is 14.5 Å². The lowest BCUT2D eigenvalue weighted by molar-refractivity contribution is -0.123. The lowest BCUT2D eigenvalue weighted by Crippen LogP contribution is -2.27. The Morgan fingerprint density at radius 2 is 1.62 bits per heavy atom. The summed E-state index contributed by atoms with van der Waals surface area (Å²) < 4.78 is 19.7. The van der Waals surface area contributed by atoms with Crippen molar-refractivity contribution >= 4 is 75.4 Å². The number of nitrogens with zero attached hydrogens (tertiary/aromatic N) is 1. The summed E-state index contributed by atoms with van der Waals surface area (Å²) in [6, 6.07) is 14.2. The quantitative estimate of drug-likeness (QED) is 0.287. The van der Waals surface area contributed by atoms with Crippen LogP contribution in [-0.4, -0.2) is 16.0 Å². The van der Waals surface area contributed by atoms with Gasteiger partial charge in [-0.2, -0.15) is 0 Å². The standard InChI is InChI=1S/C24H14Cl4FNO3S/c25-16-6-5-13(7-17(16)26)12-33-22-18(27)8-14(9-19(22)28)10-21-23(31)30(24(32)34-21)11-15-3-1-2-4-20(15)29/h1-10H,11-12H2/b21-10-. The molecule has 2 amide bonds. The molecule has 4 nitrogen and oxygen atoms in total. The van der Waals surface area contributed by atoms with Crippen molar-refractivity contribution in [3.05, 3.63) is 102 Å². The van der Waals surface area contributed by atoms with Crippen LogP contribution < -0.4 is 4.74 Å². The number of benzene rings is 3. The minimum absolute atomic E-state index is 0.155. The summed E-state index contributed by atoms with van der Waals surface area (Å²) in [7, 11) is 0. The van der Waals surface area contributed by atoms with E-state index in [-0.39, 0.29) is 39.4 Å². The highest BCUT2D eigenvalue weighted by Crippen LogP contribution is 2.38. The Bertz CT molecular complexity index is 1310. The fraction of sp³-hybridized carbons (Fsp3) is 0.0833. The molecule has 0 unspecified atom stereocenters. The average Bonchev–Trinajstić information content (AvgIpc) is 3.04. The molecule has 1 aliphatic rings. The Labute approximate surface area is 219 Å². The molecule has 0 aromatic heterocycles. The predicted octanol–water partition coefficient (Wildman–Crippen LogP) is 8.25. The number of imide groups is 1. The molecule has 3 aromatic rings. The van der Waals surface area contributed by atoms with Gasteiger partial charge in [-0.05, 0) is 59.3 Å². The van der Waals surface area contributed by atoms with Crippen LogP contribution in [0.3, 0.4) is 0 Å². The zero-order valence-electron chi connectivity index (χ0n) is 17.2. The van der Waals surface area contributed by atoms with Crippen molar-refractivity contribution in [2.45, 2.75) is 13.2 Å². The first-order valence-electron chi connectivity index (χ1n) is 9.77. The van der Waals surface area contributed by atoms with Gasteiger partial charge >= 0.3 is 0 Å². The summed E-state index contributed by atoms with van der Waals surface area (Å²) in [6.45, 7) is 0.00228. The van der Waals surface area contributed by atoms with Gasteiger partial charge in [-0.15, -0.1) is 0 Å². The molecular weight excluding hydrogens is 543 g/mol. The number of rotatable bonds is 6. The van der Waals surface area contributed by atoms with Crippen molar-refractivity contribution in [3.8, 4) is 5.75 Å². The number of amides is 2. The monoisotopic (exact) mass is 555 g/mol. The van der Waals surface area contributed by atoms with E-state index in [0.29, 0.717) is 15.6 Å². The first-order valence-corrected chi connectivity index (χ1v) is 12.1. The molecule has 1 saturated heterocycles. The van der Waals surface area contributed by atoms with Crippen molar-refractivity contribution in [2.75, 3.05) is 0 Å². The van der Waals surface area contributed by atoms with Gasteiger partial charge in [0.2, 0.25) is 0 Å². The molecule has 0 saturated carbocycles. The highest BCUT2D eigenvalue weighted by Gasteiger charge is 2.35. The Balaban J connectivity index is 1.50. The normalized spacial score (nSPS) is 14.9. The molecule has 1 aliphatic heterocycles. The van der Waals surface area contributed by atoms with Crippen LogP contribution >= 0.6 is 58.2 Å². The molecule has 10 heteroatoms. The van der Waals surface area contributed by atoms with Crippen LogP contribution in [0.15, 0.2) is 59.5 Å². The van der Waals surface area contributed by atoms with Gasteiger partial charge < -0.3 is 4.74 Å². The Morgan fingerprint density at radius 3 is 2.29 bits per heavy atom. The second kappa shape index (κ2) is 10.6. The molecular formula is C24H14Cl4FNO3S. The topological polar surface area (TPSA) is 46.6 Å².